The first-order chi connectivity index (χ1) is 11.7. The number of nitrogens with one attached hydrogen (secondary N) is 1. The van der Waals surface area contributed by atoms with Crippen LogP contribution in [0.3, 0.4) is 0 Å². The molecule has 2 aromatic heterocycles. The molecule has 0 aliphatic carbocycles. The molecule has 0 saturated carbocycles. The number of rotatable bonds is 2. The number of benzene rings is 1. The number of para-hydroxylation sites is 1. The van der Waals surface area contributed by atoms with Gasteiger partial charge in [-0.1, -0.05) is 12.1 Å². The summed E-state index contributed by atoms with van der Waals surface area (Å²) in [5.41, 5.74) is -1.74. The van der Waals surface area contributed by atoms with Crippen molar-refractivity contribution >= 4 is 23.3 Å². The zero-order chi connectivity index (χ0) is 18.4. The van der Waals surface area contributed by atoms with Crippen LogP contribution >= 0.6 is 12.2 Å². The number of hydrogen-bond donors (Lipinski definition) is 1. The van der Waals surface area contributed by atoms with E-state index in [1.54, 1.807) is 24.3 Å². The summed E-state index contributed by atoms with van der Waals surface area (Å²) in [6.07, 6.45) is -4.74. The molecule has 1 N–H and O–H groups in total. The van der Waals surface area contributed by atoms with E-state index in [0.29, 0.717) is 11.3 Å². The lowest BCUT2D eigenvalue weighted by Gasteiger charge is -2.15. The molecule has 1 aromatic carbocycles. The summed E-state index contributed by atoms with van der Waals surface area (Å²) in [5.74, 6) is 0.369. The van der Waals surface area contributed by atoms with Crippen molar-refractivity contribution in [2.45, 2.75) is 6.18 Å². The average Bonchev–Trinajstić information content (AvgIpc) is 2.57. The lowest BCUT2D eigenvalue weighted by Crippen LogP contribution is -2.19. The standard InChI is InChI=1S/C16H12F3N3O2S/c1-22-13-12(14(23)21-15(22)25)9(16(17,18)19)7-10(20-13)8-5-3-4-6-11(8)24-2/h3-7H,1-2H3,(H,21,23,25). The molecular weight excluding hydrogens is 355 g/mol. The molecule has 0 aliphatic rings. The number of aromatic nitrogens is 3. The summed E-state index contributed by atoms with van der Waals surface area (Å²) in [6, 6.07) is 7.41. The number of fused-ring (bicyclic) bond motifs is 1. The van der Waals surface area contributed by atoms with Crippen molar-refractivity contribution in [2.75, 3.05) is 7.11 Å². The number of hydrogen-bond acceptors (Lipinski definition) is 4. The minimum Gasteiger partial charge on any atom is -0.496 e. The largest absolute Gasteiger partial charge is 0.496 e. The SMILES string of the molecule is COc1ccccc1-c1cc(C(F)(F)F)c2c(=O)[nH]c(=S)n(C)c2n1. The van der Waals surface area contributed by atoms with Crippen LogP contribution in [0.1, 0.15) is 5.56 Å². The van der Waals surface area contributed by atoms with Gasteiger partial charge in [0.15, 0.2) is 4.77 Å². The average molecular weight is 367 g/mol. The lowest BCUT2D eigenvalue weighted by atomic mass is 10.1. The van der Waals surface area contributed by atoms with E-state index in [4.69, 9.17) is 17.0 Å². The summed E-state index contributed by atoms with van der Waals surface area (Å²) in [6.45, 7) is 0. The Morgan fingerprint density at radius 3 is 2.60 bits per heavy atom. The van der Waals surface area contributed by atoms with Crippen molar-refractivity contribution in [3.8, 4) is 17.0 Å². The van der Waals surface area contributed by atoms with Crippen molar-refractivity contribution in [3.05, 3.63) is 51.0 Å². The first kappa shape index (κ1) is 17.2. The van der Waals surface area contributed by atoms with Gasteiger partial charge in [-0.15, -0.1) is 0 Å². The van der Waals surface area contributed by atoms with Gasteiger partial charge in [-0.2, -0.15) is 13.2 Å². The number of halogens is 3. The maximum absolute atomic E-state index is 13.6. The van der Waals surface area contributed by atoms with Crippen molar-refractivity contribution in [2.24, 2.45) is 7.05 Å². The second kappa shape index (κ2) is 5.99. The molecule has 0 spiro atoms. The Labute approximate surface area is 144 Å². The van der Waals surface area contributed by atoms with Gasteiger partial charge in [-0.05, 0) is 30.4 Å². The van der Waals surface area contributed by atoms with Crippen molar-refractivity contribution in [3.63, 3.8) is 0 Å². The quantitative estimate of drug-likeness (QED) is 0.702. The van der Waals surface area contributed by atoms with Crippen molar-refractivity contribution < 1.29 is 17.9 Å². The fourth-order valence-corrected chi connectivity index (χ4v) is 2.73. The summed E-state index contributed by atoms with van der Waals surface area (Å²) in [5, 5.41) is -0.553. The zero-order valence-electron chi connectivity index (χ0n) is 13.1. The van der Waals surface area contributed by atoms with E-state index in [0.717, 1.165) is 6.07 Å². The third kappa shape index (κ3) is 2.91. The fraction of sp³-hybridized carbons (Fsp3) is 0.188. The highest BCUT2D eigenvalue weighted by Crippen LogP contribution is 2.37. The van der Waals surface area contributed by atoms with Crippen LogP contribution < -0.4 is 10.3 Å². The number of alkyl halides is 3. The molecule has 0 atom stereocenters. The summed E-state index contributed by atoms with van der Waals surface area (Å²) in [4.78, 5) is 18.6. The van der Waals surface area contributed by atoms with E-state index in [1.165, 1.54) is 18.7 Å². The van der Waals surface area contributed by atoms with Crippen LogP contribution in [0.15, 0.2) is 35.1 Å². The number of aromatic amines is 1. The van der Waals surface area contributed by atoms with Crippen LogP contribution in [-0.2, 0) is 13.2 Å². The molecule has 25 heavy (non-hydrogen) atoms. The van der Waals surface area contributed by atoms with Crippen LogP contribution in [0.4, 0.5) is 13.2 Å². The number of nitrogens with zero attached hydrogens (tertiary/aromatic N) is 2. The molecular formula is C16H12F3N3O2S. The van der Waals surface area contributed by atoms with E-state index < -0.39 is 22.7 Å². The molecule has 5 nitrogen and oxygen atoms in total. The van der Waals surface area contributed by atoms with Crippen LogP contribution in [0.5, 0.6) is 5.75 Å². The van der Waals surface area contributed by atoms with E-state index in [2.05, 4.69) is 9.97 Å². The van der Waals surface area contributed by atoms with Gasteiger partial charge in [-0.3, -0.25) is 9.78 Å². The van der Waals surface area contributed by atoms with Gasteiger partial charge in [0.25, 0.3) is 5.56 Å². The Morgan fingerprint density at radius 1 is 1.28 bits per heavy atom. The Kier molecular flexibility index (Phi) is 4.11. The van der Waals surface area contributed by atoms with Crippen LogP contribution in [0, 0.1) is 4.77 Å². The molecule has 0 unspecified atom stereocenters. The molecule has 130 valence electrons. The molecule has 0 saturated heterocycles. The summed E-state index contributed by atoms with van der Waals surface area (Å²) >= 11 is 4.97. The molecule has 2 heterocycles. The predicted octanol–water partition coefficient (Wildman–Crippen LogP) is 3.69. The smallest absolute Gasteiger partial charge is 0.417 e. The van der Waals surface area contributed by atoms with Gasteiger partial charge in [0.1, 0.15) is 11.4 Å². The predicted molar refractivity (Wildman–Crippen MR) is 89.2 cm³/mol. The fourth-order valence-electron chi connectivity index (χ4n) is 2.56. The Balaban J connectivity index is 2.50. The summed E-state index contributed by atoms with van der Waals surface area (Å²) < 4.78 is 47.1. The molecule has 0 radical (unpaired) electrons. The normalized spacial score (nSPS) is 11.7. The first-order valence-electron chi connectivity index (χ1n) is 7.08. The van der Waals surface area contributed by atoms with Crippen LogP contribution in [0.25, 0.3) is 22.3 Å². The number of aryl methyl sites for hydroxylation is 1. The van der Waals surface area contributed by atoms with E-state index >= 15 is 0 Å². The van der Waals surface area contributed by atoms with Gasteiger partial charge in [0.05, 0.1) is 23.8 Å². The first-order valence-corrected chi connectivity index (χ1v) is 7.49. The van der Waals surface area contributed by atoms with Crippen LogP contribution in [0.2, 0.25) is 0 Å². The highest BCUT2D eigenvalue weighted by Gasteiger charge is 2.35. The lowest BCUT2D eigenvalue weighted by molar-refractivity contribution is -0.136. The van der Waals surface area contributed by atoms with Gasteiger partial charge in [-0.25, -0.2) is 4.98 Å². The number of ether oxygens (including phenoxy) is 1. The third-order valence-corrected chi connectivity index (χ3v) is 4.13. The third-order valence-electron chi connectivity index (χ3n) is 3.76. The van der Waals surface area contributed by atoms with Crippen molar-refractivity contribution in [1.82, 2.24) is 14.5 Å². The highest BCUT2D eigenvalue weighted by atomic mass is 32.1. The van der Waals surface area contributed by atoms with E-state index in [9.17, 15) is 18.0 Å². The molecule has 0 fully saturated rings. The molecule has 3 aromatic rings. The van der Waals surface area contributed by atoms with Crippen LogP contribution in [-0.4, -0.2) is 21.6 Å². The van der Waals surface area contributed by atoms with Gasteiger partial charge < -0.3 is 9.30 Å². The second-order valence-electron chi connectivity index (χ2n) is 5.27. The minimum absolute atomic E-state index is 0.0182. The monoisotopic (exact) mass is 367 g/mol. The number of H-pyrrole nitrogens is 1. The topological polar surface area (TPSA) is 59.9 Å². The molecule has 0 aliphatic heterocycles. The highest BCUT2D eigenvalue weighted by molar-refractivity contribution is 7.71. The van der Waals surface area contributed by atoms with Gasteiger partial charge in [0.2, 0.25) is 0 Å². The zero-order valence-corrected chi connectivity index (χ0v) is 14.0. The Bertz CT molecular complexity index is 1090. The van der Waals surface area contributed by atoms with Gasteiger partial charge in [0, 0.05) is 12.6 Å². The Hall–Kier alpha value is -2.68. The number of methoxy groups -OCH3 is 1. The Morgan fingerprint density at radius 2 is 1.96 bits per heavy atom. The minimum atomic E-state index is -4.74. The number of pyridine rings is 1. The molecule has 9 heteroatoms. The summed E-state index contributed by atoms with van der Waals surface area (Å²) in [7, 11) is 2.86. The maximum atomic E-state index is 13.6. The van der Waals surface area contributed by atoms with Gasteiger partial charge >= 0.3 is 6.18 Å². The molecule has 0 bridgehead atoms. The second-order valence-corrected chi connectivity index (χ2v) is 5.66. The molecule has 3 rings (SSSR count). The van der Waals surface area contributed by atoms with E-state index in [1.807, 2.05) is 0 Å². The maximum Gasteiger partial charge on any atom is 0.417 e. The van der Waals surface area contributed by atoms with E-state index in [-0.39, 0.29) is 16.1 Å². The molecule has 0 amide bonds. The van der Waals surface area contributed by atoms with Crippen molar-refractivity contribution in [1.29, 1.82) is 0 Å².